The summed E-state index contributed by atoms with van der Waals surface area (Å²) in [5.41, 5.74) is 5.66. The van der Waals surface area contributed by atoms with Gasteiger partial charge in [-0.2, -0.15) is 0 Å². The van der Waals surface area contributed by atoms with E-state index in [0.717, 1.165) is 22.3 Å². The van der Waals surface area contributed by atoms with Crippen LogP contribution < -0.4 is 5.32 Å². The Kier molecular flexibility index (Phi) is 3.03. The summed E-state index contributed by atoms with van der Waals surface area (Å²) in [5.74, 6) is 0.444. The minimum atomic E-state index is 0.444. The van der Waals surface area contributed by atoms with Crippen LogP contribution in [0.3, 0.4) is 0 Å². The van der Waals surface area contributed by atoms with Crippen LogP contribution in [-0.4, -0.2) is 10.8 Å². The molecule has 20 heavy (non-hydrogen) atoms. The van der Waals surface area contributed by atoms with Crippen LogP contribution >= 0.6 is 0 Å². The van der Waals surface area contributed by atoms with Crippen LogP contribution in [0.2, 0.25) is 0 Å². The van der Waals surface area contributed by atoms with Crippen molar-refractivity contribution < 1.29 is 0 Å². The Morgan fingerprint density at radius 2 is 1.90 bits per heavy atom. The fourth-order valence-corrected chi connectivity index (χ4v) is 2.45. The van der Waals surface area contributed by atoms with Gasteiger partial charge in [0.15, 0.2) is 0 Å². The zero-order chi connectivity index (χ0) is 14.1. The molecule has 0 saturated carbocycles. The maximum absolute atomic E-state index is 7.49. The Labute approximate surface area is 118 Å². The van der Waals surface area contributed by atoms with E-state index in [1.165, 1.54) is 11.1 Å². The first kappa shape index (κ1) is 12.5. The highest BCUT2D eigenvalue weighted by atomic mass is 14.9. The molecule has 0 fully saturated rings. The Hall–Kier alpha value is -2.55. The van der Waals surface area contributed by atoms with Crippen LogP contribution in [0.5, 0.6) is 0 Å². The van der Waals surface area contributed by atoms with Gasteiger partial charge in [-0.05, 0) is 43.7 Å². The zero-order valence-electron chi connectivity index (χ0n) is 11.6. The second kappa shape index (κ2) is 4.85. The third-order valence-corrected chi connectivity index (χ3v) is 3.39. The predicted octanol–water partition coefficient (Wildman–Crippen LogP) is 4.55. The molecule has 0 bridgehead atoms. The van der Waals surface area contributed by atoms with E-state index in [1.807, 2.05) is 12.1 Å². The molecule has 0 saturated heterocycles. The van der Waals surface area contributed by atoms with Gasteiger partial charge in [-0.1, -0.05) is 24.3 Å². The Balaban J connectivity index is 2.07. The fraction of sp³-hybridized carbons (Fsp3) is 0.118. The van der Waals surface area contributed by atoms with Gasteiger partial charge in [-0.15, -0.1) is 0 Å². The number of benzene rings is 2. The molecule has 3 N–H and O–H groups in total. The number of amidine groups is 1. The van der Waals surface area contributed by atoms with Crippen molar-refractivity contribution in [1.82, 2.24) is 4.98 Å². The summed E-state index contributed by atoms with van der Waals surface area (Å²) in [7, 11) is 0. The molecule has 3 rings (SSSR count). The van der Waals surface area contributed by atoms with Gasteiger partial charge in [0.2, 0.25) is 0 Å². The summed E-state index contributed by atoms with van der Waals surface area (Å²) >= 11 is 0. The summed E-state index contributed by atoms with van der Waals surface area (Å²) < 4.78 is 0. The van der Waals surface area contributed by atoms with E-state index < -0.39 is 0 Å². The fourth-order valence-electron chi connectivity index (χ4n) is 2.45. The van der Waals surface area contributed by atoms with Gasteiger partial charge in [-0.25, -0.2) is 0 Å². The number of rotatable bonds is 2. The molecule has 2 aromatic carbocycles. The highest BCUT2D eigenvalue weighted by Crippen LogP contribution is 2.28. The number of hydrogen-bond donors (Lipinski definition) is 3. The van der Waals surface area contributed by atoms with Crippen LogP contribution in [0.4, 0.5) is 5.69 Å². The van der Waals surface area contributed by atoms with E-state index in [0.29, 0.717) is 5.84 Å². The number of H-pyrrole nitrogens is 1. The minimum absolute atomic E-state index is 0.444. The van der Waals surface area contributed by atoms with Crippen LogP contribution in [0.15, 0.2) is 48.5 Å². The second-order valence-electron chi connectivity index (χ2n) is 5.05. The van der Waals surface area contributed by atoms with Crippen molar-refractivity contribution in [2.24, 2.45) is 0 Å². The Morgan fingerprint density at radius 3 is 2.65 bits per heavy atom. The third-order valence-electron chi connectivity index (χ3n) is 3.39. The van der Waals surface area contributed by atoms with Crippen LogP contribution in [0.1, 0.15) is 12.5 Å². The molecule has 3 nitrogen and oxygen atoms in total. The molecular weight excluding hydrogens is 246 g/mol. The number of aromatic amines is 1. The van der Waals surface area contributed by atoms with Crippen LogP contribution in [-0.2, 0) is 0 Å². The van der Waals surface area contributed by atoms with E-state index in [1.54, 1.807) is 6.92 Å². The molecule has 1 aromatic heterocycles. The maximum Gasteiger partial charge on any atom is 0.0944 e. The maximum atomic E-state index is 7.49. The van der Waals surface area contributed by atoms with Gasteiger partial charge in [0.1, 0.15) is 0 Å². The third kappa shape index (κ3) is 2.30. The quantitative estimate of drug-likeness (QED) is 0.461. The van der Waals surface area contributed by atoms with Gasteiger partial charge < -0.3 is 10.3 Å². The number of fused-ring (bicyclic) bond motifs is 1. The highest BCUT2D eigenvalue weighted by Gasteiger charge is 2.06. The Morgan fingerprint density at radius 1 is 1.10 bits per heavy atom. The minimum Gasteiger partial charge on any atom is -0.355 e. The second-order valence-corrected chi connectivity index (χ2v) is 5.05. The number of nitrogens with one attached hydrogen (secondary N) is 3. The molecule has 3 heteroatoms. The van der Waals surface area contributed by atoms with Crippen molar-refractivity contribution in [3.8, 4) is 11.3 Å². The molecule has 3 aromatic rings. The van der Waals surface area contributed by atoms with Gasteiger partial charge >= 0.3 is 0 Å². The number of aromatic nitrogens is 1. The average molecular weight is 263 g/mol. The van der Waals surface area contributed by atoms with Gasteiger partial charge in [0.05, 0.1) is 5.84 Å². The van der Waals surface area contributed by atoms with Crippen molar-refractivity contribution in [1.29, 1.82) is 5.41 Å². The molecule has 0 aliphatic rings. The molecule has 0 aliphatic carbocycles. The van der Waals surface area contributed by atoms with Crippen molar-refractivity contribution in [3.63, 3.8) is 0 Å². The van der Waals surface area contributed by atoms with E-state index in [2.05, 4.69) is 53.6 Å². The molecule has 100 valence electrons. The van der Waals surface area contributed by atoms with Gasteiger partial charge in [-0.3, -0.25) is 5.41 Å². The van der Waals surface area contributed by atoms with Crippen LogP contribution in [0.25, 0.3) is 22.2 Å². The first-order valence-electron chi connectivity index (χ1n) is 6.64. The van der Waals surface area contributed by atoms with Gasteiger partial charge in [0.25, 0.3) is 0 Å². The SMILES string of the molecule is CC(=N)Nc1ccc2[nH]c(-c3ccccc3C)cc2c1. The lowest BCUT2D eigenvalue weighted by molar-refractivity contribution is 1.39. The van der Waals surface area contributed by atoms with E-state index in [4.69, 9.17) is 5.41 Å². The van der Waals surface area contributed by atoms with Crippen molar-refractivity contribution in [2.45, 2.75) is 13.8 Å². The topological polar surface area (TPSA) is 51.7 Å². The zero-order valence-corrected chi connectivity index (χ0v) is 11.6. The lowest BCUT2D eigenvalue weighted by Gasteiger charge is -2.02. The predicted molar refractivity (Wildman–Crippen MR) is 85.5 cm³/mol. The van der Waals surface area contributed by atoms with E-state index in [9.17, 15) is 0 Å². The summed E-state index contributed by atoms with van der Waals surface area (Å²) in [5, 5.41) is 11.7. The van der Waals surface area contributed by atoms with Gasteiger partial charge in [0, 0.05) is 27.8 Å². The largest absolute Gasteiger partial charge is 0.355 e. The summed E-state index contributed by atoms with van der Waals surface area (Å²) in [6, 6.07) is 16.6. The normalized spacial score (nSPS) is 10.7. The van der Waals surface area contributed by atoms with Crippen molar-refractivity contribution in [2.75, 3.05) is 5.32 Å². The number of aryl methyl sites for hydroxylation is 1. The molecule has 0 atom stereocenters. The standard InChI is InChI=1S/C17H17N3/c1-11-5-3-4-6-15(11)17-10-13-9-14(19-12(2)18)7-8-16(13)20-17/h3-10,20H,1-2H3,(H2,18,19). The molecule has 0 aliphatic heterocycles. The molecule has 0 amide bonds. The first-order valence-corrected chi connectivity index (χ1v) is 6.64. The number of hydrogen-bond acceptors (Lipinski definition) is 1. The molecule has 1 heterocycles. The van der Waals surface area contributed by atoms with E-state index in [-0.39, 0.29) is 0 Å². The van der Waals surface area contributed by atoms with Crippen LogP contribution in [0, 0.1) is 12.3 Å². The first-order chi connectivity index (χ1) is 9.63. The summed E-state index contributed by atoms with van der Waals surface area (Å²) in [6.45, 7) is 3.85. The molecule has 0 spiro atoms. The summed E-state index contributed by atoms with van der Waals surface area (Å²) in [4.78, 5) is 3.45. The molecule has 0 radical (unpaired) electrons. The van der Waals surface area contributed by atoms with Crippen molar-refractivity contribution in [3.05, 3.63) is 54.1 Å². The number of anilines is 1. The average Bonchev–Trinajstić information content (AvgIpc) is 2.81. The van der Waals surface area contributed by atoms with Crippen molar-refractivity contribution >= 4 is 22.4 Å². The van der Waals surface area contributed by atoms with E-state index >= 15 is 0 Å². The summed E-state index contributed by atoms with van der Waals surface area (Å²) in [6.07, 6.45) is 0. The highest BCUT2D eigenvalue weighted by molar-refractivity contribution is 5.95. The lowest BCUT2D eigenvalue weighted by Crippen LogP contribution is -2.04. The Bertz CT molecular complexity index is 784. The monoisotopic (exact) mass is 263 g/mol. The lowest BCUT2D eigenvalue weighted by atomic mass is 10.1. The molecular formula is C17H17N3. The molecule has 0 unspecified atom stereocenters. The smallest absolute Gasteiger partial charge is 0.0944 e.